The highest BCUT2D eigenvalue weighted by molar-refractivity contribution is 6.30. The lowest BCUT2D eigenvalue weighted by atomic mass is 10.1. The fraction of sp³-hybridized carbons (Fsp3) is 0.211. The van der Waals surface area contributed by atoms with Crippen LogP contribution in [0.4, 0.5) is 0 Å². The predicted molar refractivity (Wildman–Crippen MR) is 96.7 cm³/mol. The normalized spacial score (nSPS) is 10.6. The van der Waals surface area contributed by atoms with E-state index in [0.717, 1.165) is 11.1 Å². The van der Waals surface area contributed by atoms with Gasteiger partial charge in [-0.25, -0.2) is 0 Å². The molecule has 0 unspecified atom stereocenters. The van der Waals surface area contributed by atoms with E-state index in [1.54, 1.807) is 32.4 Å². The van der Waals surface area contributed by atoms with Gasteiger partial charge in [0.05, 0.1) is 14.2 Å². The van der Waals surface area contributed by atoms with Gasteiger partial charge < -0.3 is 14.8 Å². The molecule has 2 aromatic carbocycles. The van der Waals surface area contributed by atoms with Crippen molar-refractivity contribution in [3.63, 3.8) is 0 Å². The van der Waals surface area contributed by atoms with Crippen molar-refractivity contribution in [2.24, 2.45) is 0 Å². The first-order chi connectivity index (χ1) is 11.6. The molecule has 0 aromatic heterocycles. The van der Waals surface area contributed by atoms with E-state index in [4.69, 9.17) is 21.1 Å². The first-order valence-corrected chi connectivity index (χ1v) is 7.92. The van der Waals surface area contributed by atoms with Crippen LogP contribution in [0.15, 0.2) is 48.5 Å². The summed E-state index contributed by atoms with van der Waals surface area (Å²) in [6, 6.07) is 13.0. The summed E-state index contributed by atoms with van der Waals surface area (Å²) in [7, 11) is 3.20. The molecule has 0 bridgehead atoms. The average molecular weight is 346 g/mol. The minimum atomic E-state index is -0.134. The standard InChI is InChI=1S/C19H20ClNO3/c1-23-17-9-5-15(13-18(17)24-2)11-12-21-19(22)10-6-14-3-7-16(20)8-4-14/h3-10,13H,11-12H2,1-2H3,(H,21,22)/b10-6+. The van der Waals surface area contributed by atoms with Gasteiger partial charge in [-0.05, 0) is 47.9 Å². The zero-order chi connectivity index (χ0) is 17.4. The number of rotatable bonds is 7. The molecule has 0 fully saturated rings. The van der Waals surface area contributed by atoms with Gasteiger partial charge in [-0.2, -0.15) is 0 Å². The Bertz CT molecular complexity index is 711. The largest absolute Gasteiger partial charge is 0.493 e. The van der Waals surface area contributed by atoms with E-state index >= 15 is 0 Å². The number of nitrogens with one attached hydrogen (secondary N) is 1. The number of benzene rings is 2. The summed E-state index contributed by atoms with van der Waals surface area (Å²) in [6.45, 7) is 0.541. The van der Waals surface area contributed by atoms with Gasteiger partial charge in [0.2, 0.25) is 5.91 Å². The van der Waals surface area contributed by atoms with Gasteiger partial charge in [0.1, 0.15) is 0 Å². The number of methoxy groups -OCH3 is 2. The Morgan fingerprint density at radius 3 is 2.46 bits per heavy atom. The fourth-order valence-electron chi connectivity index (χ4n) is 2.17. The number of carbonyl (C=O) groups is 1. The Morgan fingerprint density at radius 2 is 1.79 bits per heavy atom. The number of ether oxygens (including phenoxy) is 2. The van der Waals surface area contributed by atoms with Gasteiger partial charge in [0.15, 0.2) is 11.5 Å². The molecule has 4 nitrogen and oxygen atoms in total. The third-order valence-corrected chi connectivity index (χ3v) is 3.71. The minimum Gasteiger partial charge on any atom is -0.493 e. The van der Waals surface area contributed by atoms with E-state index in [1.165, 1.54) is 6.08 Å². The molecule has 5 heteroatoms. The molecule has 0 radical (unpaired) electrons. The van der Waals surface area contributed by atoms with Crippen molar-refractivity contribution in [2.75, 3.05) is 20.8 Å². The van der Waals surface area contributed by atoms with Crippen LogP contribution in [0.2, 0.25) is 5.02 Å². The number of amides is 1. The fourth-order valence-corrected chi connectivity index (χ4v) is 2.30. The Hall–Kier alpha value is -2.46. The Morgan fingerprint density at radius 1 is 1.08 bits per heavy atom. The molecule has 1 amide bonds. The van der Waals surface area contributed by atoms with Gasteiger partial charge in [-0.1, -0.05) is 29.8 Å². The van der Waals surface area contributed by atoms with Crippen LogP contribution < -0.4 is 14.8 Å². The third kappa shape index (κ3) is 5.32. The highest BCUT2D eigenvalue weighted by Gasteiger charge is 2.04. The van der Waals surface area contributed by atoms with Crippen molar-refractivity contribution in [3.8, 4) is 11.5 Å². The second-order valence-electron chi connectivity index (χ2n) is 5.12. The summed E-state index contributed by atoms with van der Waals surface area (Å²) in [5, 5.41) is 3.53. The van der Waals surface area contributed by atoms with Crippen LogP contribution in [-0.4, -0.2) is 26.7 Å². The molecule has 0 saturated carbocycles. The van der Waals surface area contributed by atoms with Crippen LogP contribution in [-0.2, 0) is 11.2 Å². The van der Waals surface area contributed by atoms with E-state index in [1.807, 2.05) is 30.3 Å². The molecule has 0 spiro atoms. The summed E-state index contributed by atoms with van der Waals surface area (Å²) >= 11 is 5.82. The van der Waals surface area contributed by atoms with Gasteiger partial charge in [-0.3, -0.25) is 4.79 Å². The first-order valence-electron chi connectivity index (χ1n) is 7.55. The van der Waals surface area contributed by atoms with Gasteiger partial charge in [0.25, 0.3) is 0 Å². The lowest BCUT2D eigenvalue weighted by Gasteiger charge is -2.09. The van der Waals surface area contributed by atoms with Gasteiger partial charge >= 0.3 is 0 Å². The van der Waals surface area contributed by atoms with Crippen LogP contribution in [0.25, 0.3) is 6.08 Å². The quantitative estimate of drug-likeness (QED) is 0.778. The second-order valence-corrected chi connectivity index (χ2v) is 5.55. The molecule has 2 rings (SSSR count). The molecule has 1 N–H and O–H groups in total. The van der Waals surface area contributed by atoms with E-state index in [-0.39, 0.29) is 5.91 Å². The summed E-state index contributed by atoms with van der Waals surface area (Å²) in [4.78, 5) is 11.8. The van der Waals surface area contributed by atoms with Crippen LogP contribution in [0.5, 0.6) is 11.5 Å². The molecular weight excluding hydrogens is 326 g/mol. The van der Waals surface area contributed by atoms with Crippen LogP contribution in [0.3, 0.4) is 0 Å². The Labute approximate surface area is 147 Å². The highest BCUT2D eigenvalue weighted by atomic mass is 35.5. The number of halogens is 1. The van der Waals surface area contributed by atoms with E-state index in [2.05, 4.69) is 5.32 Å². The average Bonchev–Trinajstić information content (AvgIpc) is 2.61. The summed E-state index contributed by atoms with van der Waals surface area (Å²) in [5.41, 5.74) is 1.99. The number of hydrogen-bond donors (Lipinski definition) is 1. The lowest BCUT2D eigenvalue weighted by Crippen LogP contribution is -2.23. The van der Waals surface area contributed by atoms with Crippen molar-refractivity contribution < 1.29 is 14.3 Å². The molecular formula is C19H20ClNO3. The van der Waals surface area contributed by atoms with Gasteiger partial charge in [-0.15, -0.1) is 0 Å². The van der Waals surface area contributed by atoms with Crippen molar-refractivity contribution >= 4 is 23.6 Å². The second kappa shape index (κ2) is 8.99. The highest BCUT2D eigenvalue weighted by Crippen LogP contribution is 2.27. The molecule has 0 heterocycles. The molecule has 2 aromatic rings. The summed E-state index contributed by atoms with van der Waals surface area (Å²) in [6.07, 6.45) is 3.97. The third-order valence-electron chi connectivity index (χ3n) is 3.46. The van der Waals surface area contributed by atoms with Crippen molar-refractivity contribution in [2.45, 2.75) is 6.42 Å². The lowest BCUT2D eigenvalue weighted by molar-refractivity contribution is -0.116. The molecule has 126 valence electrons. The summed E-state index contributed by atoms with van der Waals surface area (Å²) < 4.78 is 10.5. The maximum Gasteiger partial charge on any atom is 0.244 e. The molecule has 0 saturated heterocycles. The zero-order valence-electron chi connectivity index (χ0n) is 13.7. The van der Waals surface area contributed by atoms with Crippen LogP contribution in [0.1, 0.15) is 11.1 Å². The predicted octanol–water partition coefficient (Wildman–Crippen LogP) is 3.73. The Kier molecular flexibility index (Phi) is 6.70. The molecule has 0 aliphatic carbocycles. The van der Waals surface area contributed by atoms with Crippen LogP contribution >= 0.6 is 11.6 Å². The zero-order valence-corrected chi connectivity index (χ0v) is 14.5. The monoisotopic (exact) mass is 345 g/mol. The topological polar surface area (TPSA) is 47.6 Å². The van der Waals surface area contributed by atoms with E-state index < -0.39 is 0 Å². The Balaban J connectivity index is 1.83. The molecule has 0 atom stereocenters. The maximum atomic E-state index is 11.8. The van der Waals surface area contributed by atoms with Crippen LogP contribution in [0, 0.1) is 0 Å². The first kappa shape index (κ1) is 17.9. The SMILES string of the molecule is COc1ccc(CCNC(=O)/C=C/c2ccc(Cl)cc2)cc1OC. The van der Waals surface area contributed by atoms with Gasteiger partial charge in [0, 0.05) is 17.6 Å². The van der Waals surface area contributed by atoms with E-state index in [9.17, 15) is 4.79 Å². The molecule has 0 aliphatic heterocycles. The van der Waals surface area contributed by atoms with Crippen molar-refractivity contribution in [3.05, 3.63) is 64.7 Å². The van der Waals surface area contributed by atoms with Crippen molar-refractivity contribution in [1.29, 1.82) is 0 Å². The number of hydrogen-bond acceptors (Lipinski definition) is 3. The smallest absolute Gasteiger partial charge is 0.244 e. The van der Waals surface area contributed by atoms with E-state index in [0.29, 0.717) is 29.5 Å². The maximum absolute atomic E-state index is 11.8. The summed E-state index contributed by atoms with van der Waals surface area (Å²) in [5.74, 6) is 1.24. The minimum absolute atomic E-state index is 0.134. The molecule has 0 aliphatic rings. The molecule has 24 heavy (non-hydrogen) atoms. The number of carbonyl (C=O) groups excluding carboxylic acids is 1. The van der Waals surface area contributed by atoms with Crippen molar-refractivity contribution in [1.82, 2.24) is 5.32 Å².